The van der Waals surface area contributed by atoms with Crippen molar-refractivity contribution in [2.24, 2.45) is 0 Å². The highest BCUT2D eigenvalue weighted by atomic mass is 16.5. The molecule has 60 valence electrons. The van der Waals surface area contributed by atoms with Crippen LogP contribution in [0.15, 0.2) is 12.2 Å². The number of allylic oxidation sites excluding steroid dienone is 1. The molecule has 0 saturated heterocycles. The summed E-state index contributed by atoms with van der Waals surface area (Å²) in [4.78, 5) is 21.5. The fourth-order valence-corrected chi connectivity index (χ4v) is 0.885. The molecular weight excluding hydrogens is 144 g/mol. The molecule has 0 bridgehead atoms. The fraction of sp³-hybridized carbons (Fsp3) is 0.500. The Morgan fingerprint density at radius 3 is 3.00 bits per heavy atom. The molecule has 1 unspecified atom stereocenters. The van der Waals surface area contributed by atoms with E-state index < -0.39 is 5.97 Å². The summed E-state index contributed by atoms with van der Waals surface area (Å²) in [5.74, 6) is -0.599. The summed E-state index contributed by atoms with van der Waals surface area (Å²) < 4.78 is 4.88. The standard InChI is InChI=1S/C8H10O3/c1-2-7-4-3-6(9)5-8(10)11-7/h3-4,7H,2,5H2,1H3. The first-order valence-corrected chi connectivity index (χ1v) is 3.63. The van der Waals surface area contributed by atoms with Gasteiger partial charge in [-0.1, -0.05) is 6.92 Å². The average Bonchev–Trinajstić information content (AvgIpc) is 2.11. The summed E-state index contributed by atoms with van der Waals surface area (Å²) in [6.45, 7) is 1.90. The Hall–Kier alpha value is -1.12. The van der Waals surface area contributed by atoms with Gasteiger partial charge in [0.05, 0.1) is 0 Å². The SMILES string of the molecule is CCC1C=CC(=O)CC(=O)O1. The number of hydrogen-bond donors (Lipinski definition) is 0. The minimum atomic E-state index is -0.424. The van der Waals surface area contributed by atoms with Crippen LogP contribution in [-0.2, 0) is 14.3 Å². The van der Waals surface area contributed by atoms with Crippen LogP contribution in [0.2, 0.25) is 0 Å². The highest BCUT2D eigenvalue weighted by molar-refractivity contribution is 6.02. The molecule has 0 fully saturated rings. The van der Waals surface area contributed by atoms with E-state index in [9.17, 15) is 9.59 Å². The van der Waals surface area contributed by atoms with Crippen molar-refractivity contribution in [1.82, 2.24) is 0 Å². The number of ketones is 1. The van der Waals surface area contributed by atoms with E-state index in [0.717, 1.165) is 6.42 Å². The zero-order valence-electron chi connectivity index (χ0n) is 6.37. The van der Waals surface area contributed by atoms with Crippen LogP contribution in [0.4, 0.5) is 0 Å². The second-order valence-electron chi connectivity index (χ2n) is 2.44. The lowest BCUT2D eigenvalue weighted by Gasteiger charge is -2.07. The number of esters is 1. The summed E-state index contributed by atoms with van der Waals surface area (Å²) in [5, 5.41) is 0. The minimum absolute atomic E-state index is 0.118. The van der Waals surface area contributed by atoms with Crippen molar-refractivity contribution in [3.63, 3.8) is 0 Å². The fourth-order valence-electron chi connectivity index (χ4n) is 0.885. The largest absolute Gasteiger partial charge is 0.458 e. The molecule has 3 nitrogen and oxygen atoms in total. The molecule has 0 aliphatic carbocycles. The molecule has 1 aliphatic rings. The highest BCUT2D eigenvalue weighted by Gasteiger charge is 2.16. The topological polar surface area (TPSA) is 43.4 Å². The molecule has 1 heterocycles. The normalized spacial score (nSPS) is 24.6. The van der Waals surface area contributed by atoms with Gasteiger partial charge in [0.25, 0.3) is 0 Å². The third-order valence-electron chi connectivity index (χ3n) is 1.50. The third-order valence-corrected chi connectivity index (χ3v) is 1.50. The molecular formula is C8H10O3. The van der Waals surface area contributed by atoms with E-state index in [4.69, 9.17) is 4.74 Å². The summed E-state index contributed by atoms with van der Waals surface area (Å²) in [5.41, 5.74) is 0. The molecule has 0 radical (unpaired) electrons. The number of rotatable bonds is 1. The summed E-state index contributed by atoms with van der Waals surface area (Å²) in [7, 11) is 0. The molecule has 0 aromatic carbocycles. The average molecular weight is 154 g/mol. The van der Waals surface area contributed by atoms with E-state index in [2.05, 4.69) is 0 Å². The van der Waals surface area contributed by atoms with Crippen molar-refractivity contribution in [2.75, 3.05) is 0 Å². The first-order valence-electron chi connectivity index (χ1n) is 3.63. The molecule has 0 aromatic rings. The summed E-state index contributed by atoms with van der Waals surface area (Å²) in [6, 6.07) is 0. The summed E-state index contributed by atoms with van der Waals surface area (Å²) >= 11 is 0. The van der Waals surface area contributed by atoms with Gasteiger partial charge in [0.15, 0.2) is 5.78 Å². The van der Waals surface area contributed by atoms with E-state index >= 15 is 0 Å². The van der Waals surface area contributed by atoms with Gasteiger partial charge in [-0.2, -0.15) is 0 Å². The molecule has 0 spiro atoms. The number of ether oxygens (including phenoxy) is 1. The molecule has 1 rings (SSSR count). The first kappa shape index (κ1) is 7.98. The third kappa shape index (κ3) is 2.18. The Kier molecular flexibility index (Phi) is 2.41. The number of hydrogen-bond acceptors (Lipinski definition) is 3. The first-order chi connectivity index (χ1) is 5.22. The van der Waals surface area contributed by atoms with Crippen LogP contribution in [0.25, 0.3) is 0 Å². The highest BCUT2D eigenvalue weighted by Crippen LogP contribution is 2.07. The van der Waals surface area contributed by atoms with Gasteiger partial charge in [-0.15, -0.1) is 0 Å². The van der Waals surface area contributed by atoms with Crippen molar-refractivity contribution < 1.29 is 14.3 Å². The second-order valence-corrected chi connectivity index (χ2v) is 2.44. The Labute approximate surface area is 65.0 Å². The van der Waals surface area contributed by atoms with Gasteiger partial charge in [0.1, 0.15) is 12.5 Å². The molecule has 0 amide bonds. The van der Waals surface area contributed by atoms with E-state index in [1.54, 1.807) is 6.08 Å². The van der Waals surface area contributed by atoms with E-state index in [1.165, 1.54) is 6.08 Å². The minimum Gasteiger partial charge on any atom is -0.458 e. The zero-order valence-corrected chi connectivity index (χ0v) is 6.37. The quantitative estimate of drug-likeness (QED) is 0.415. The van der Waals surface area contributed by atoms with Crippen LogP contribution in [0.5, 0.6) is 0 Å². The maximum absolute atomic E-state index is 10.8. The number of carbonyl (C=O) groups is 2. The van der Waals surface area contributed by atoms with Crippen LogP contribution in [0.3, 0.4) is 0 Å². The van der Waals surface area contributed by atoms with E-state index in [0.29, 0.717) is 0 Å². The Bertz CT molecular complexity index is 205. The Morgan fingerprint density at radius 2 is 2.36 bits per heavy atom. The van der Waals surface area contributed by atoms with E-state index in [1.807, 2.05) is 6.92 Å². The van der Waals surface area contributed by atoms with Gasteiger partial charge in [0, 0.05) is 0 Å². The summed E-state index contributed by atoms with van der Waals surface area (Å²) in [6.07, 6.45) is 3.43. The second kappa shape index (κ2) is 3.32. The van der Waals surface area contributed by atoms with Gasteiger partial charge in [-0.05, 0) is 18.6 Å². The maximum atomic E-state index is 10.8. The van der Waals surface area contributed by atoms with Crippen LogP contribution < -0.4 is 0 Å². The molecule has 3 heteroatoms. The lowest BCUT2D eigenvalue weighted by molar-refractivity contribution is -0.147. The van der Waals surface area contributed by atoms with Gasteiger partial charge in [0.2, 0.25) is 0 Å². The van der Waals surface area contributed by atoms with Crippen molar-refractivity contribution in [2.45, 2.75) is 25.9 Å². The molecule has 1 atom stereocenters. The van der Waals surface area contributed by atoms with Crippen molar-refractivity contribution in [3.05, 3.63) is 12.2 Å². The number of carbonyl (C=O) groups excluding carboxylic acids is 2. The molecule has 11 heavy (non-hydrogen) atoms. The lowest BCUT2D eigenvalue weighted by Crippen LogP contribution is -2.13. The predicted octanol–water partition coefficient (Wildman–Crippen LogP) is 0.837. The monoisotopic (exact) mass is 154 g/mol. The Morgan fingerprint density at radius 1 is 1.64 bits per heavy atom. The van der Waals surface area contributed by atoms with Crippen molar-refractivity contribution in [3.8, 4) is 0 Å². The zero-order chi connectivity index (χ0) is 8.27. The van der Waals surface area contributed by atoms with Crippen LogP contribution >= 0.6 is 0 Å². The van der Waals surface area contributed by atoms with Crippen LogP contribution in [0.1, 0.15) is 19.8 Å². The van der Waals surface area contributed by atoms with Gasteiger partial charge in [-0.3, -0.25) is 9.59 Å². The van der Waals surface area contributed by atoms with Gasteiger partial charge < -0.3 is 4.74 Å². The molecule has 0 saturated carbocycles. The van der Waals surface area contributed by atoms with Gasteiger partial charge >= 0.3 is 5.97 Å². The molecule has 1 aliphatic heterocycles. The maximum Gasteiger partial charge on any atom is 0.314 e. The van der Waals surface area contributed by atoms with Gasteiger partial charge in [-0.25, -0.2) is 0 Å². The van der Waals surface area contributed by atoms with Crippen molar-refractivity contribution in [1.29, 1.82) is 0 Å². The van der Waals surface area contributed by atoms with E-state index in [-0.39, 0.29) is 18.3 Å². The van der Waals surface area contributed by atoms with Crippen LogP contribution in [-0.4, -0.2) is 17.9 Å². The predicted molar refractivity (Wildman–Crippen MR) is 38.9 cm³/mol. The molecule has 0 N–H and O–H groups in total. The smallest absolute Gasteiger partial charge is 0.314 e. The van der Waals surface area contributed by atoms with Crippen molar-refractivity contribution >= 4 is 11.8 Å². The number of cyclic esters (lactones) is 1. The Balaban J connectivity index is 2.67. The lowest BCUT2D eigenvalue weighted by atomic mass is 10.2. The molecule has 0 aromatic heterocycles. The van der Waals surface area contributed by atoms with Crippen LogP contribution in [0, 0.1) is 0 Å².